The average molecular weight is 264 g/mol. The summed E-state index contributed by atoms with van der Waals surface area (Å²) in [6.07, 6.45) is 3.86. The fourth-order valence-corrected chi connectivity index (χ4v) is 2.80. The first kappa shape index (κ1) is 14.0. The zero-order valence-electron chi connectivity index (χ0n) is 12.1. The number of nitrogens with zero attached hydrogens (tertiary/aromatic N) is 1. The Labute approximate surface area is 115 Å². The summed E-state index contributed by atoms with van der Waals surface area (Å²) in [5.41, 5.74) is 7.77. The van der Waals surface area contributed by atoms with Crippen LogP contribution in [-0.2, 0) is 6.54 Å². The van der Waals surface area contributed by atoms with Gasteiger partial charge in [-0.2, -0.15) is 0 Å². The van der Waals surface area contributed by atoms with E-state index in [0.29, 0.717) is 11.8 Å². The quantitative estimate of drug-likeness (QED) is 0.849. The Morgan fingerprint density at radius 2 is 2.05 bits per heavy atom. The molecular formula is C15H24N2O2. The molecule has 0 spiro atoms. The Balaban J connectivity index is 2.25. The van der Waals surface area contributed by atoms with Gasteiger partial charge in [-0.05, 0) is 32.4 Å². The van der Waals surface area contributed by atoms with Gasteiger partial charge in [0.15, 0.2) is 11.5 Å². The van der Waals surface area contributed by atoms with Gasteiger partial charge in [0.1, 0.15) is 0 Å². The Bertz CT molecular complexity index is 434. The van der Waals surface area contributed by atoms with Gasteiger partial charge in [0.05, 0.1) is 14.2 Å². The van der Waals surface area contributed by atoms with Crippen LogP contribution in [-0.4, -0.2) is 31.7 Å². The Morgan fingerprint density at radius 1 is 1.26 bits per heavy atom. The minimum absolute atomic E-state index is 0.617. The predicted octanol–water partition coefficient (Wildman–Crippen LogP) is 2.66. The van der Waals surface area contributed by atoms with E-state index < -0.39 is 0 Å². The molecule has 4 heteroatoms. The molecule has 4 nitrogen and oxygen atoms in total. The van der Waals surface area contributed by atoms with E-state index in [1.807, 2.05) is 12.1 Å². The molecule has 1 aliphatic rings. The highest BCUT2D eigenvalue weighted by atomic mass is 16.5. The highest BCUT2D eigenvalue weighted by Gasteiger charge is 2.21. The van der Waals surface area contributed by atoms with Crippen LogP contribution >= 0.6 is 0 Å². The number of hydrogen-bond acceptors (Lipinski definition) is 4. The lowest BCUT2D eigenvalue weighted by Gasteiger charge is -2.33. The molecule has 1 unspecified atom stereocenters. The molecule has 0 radical (unpaired) electrons. The van der Waals surface area contributed by atoms with E-state index in [1.54, 1.807) is 14.2 Å². The monoisotopic (exact) mass is 264 g/mol. The van der Waals surface area contributed by atoms with Gasteiger partial charge in [0, 0.05) is 29.9 Å². The van der Waals surface area contributed by atoms with Crippen molar-refractivity contribution in [2.75, 3.05) is 26.5 Å². The number of ether oxygens (including phenoxy) is 2. The number of methoxy groups -OCH3 is 2. The van der Waals surface area contributed by atoms with Crippen LogP contribution in [0.2, 0.25) is 0 Å². The molecule has 1 aromatic carbocycles. The van der Waals surface area contributed by atoms with E-state index in [9.17, 15) is 0 Å². The molecule has 1 fully saturated rings. The summed E-state index contributed by atoms with van der Waals surface area (Å²) in [6, 6.07) is 4.41. The summed E-state index contributed by atoms with van der Waals surface area (Å²) in [5.74, 6) is 1.51. The Kier molecular flexibility index (Phi) is 4.53. The number of anilines is 1. The average Bonchev–Trinajstić information content (AvgIpc) is 2.40. The first-order valence-corrected chi connectivity index (χ1v) is 6.90. The SMILES string of the molecule is COc1cc(N)cc(CN2CCCCC2C)c1OC. The number of nitrogens with two attached hydrogens (primary N) is 1. The number of nitrogen functional groups attached to an aromatic ring is 1. The zero-order chi connectivity index (χ0) is 13.8. The molecule has 19 heavy (non-hydrogen) atoms. The second-order valence-corrected chi connectivity index (χ2v) is 5.23. The summed E-state index contributed by atoms with van der Waals surface area (Å²) in [6.45, 7) is 4.29. The second kappa shape index (κ2) is 6.15. The first-order chi connectivity index (χ1) is 9.15. The second-order valence-electron chi connectivity index (χ2n) is 5.23. The third kappa shape index (κ3) is 3.13. The van der Waals surface area contributed by atoms with Crippen LogP contribution in [0.3, 0.4) is 0 Å². The molecule has 0 saturated carbocycles. The van der Waals surface area contributed by atoms with Gasteiger partial charge in [-0.1, -0.05) is 6.42 Å². The van der Waals surface area contributed by atoms with Gasteiger partial charge in [-0.3, -0.25) is 4.90 Å². The van der Waals surface area contributed by atoms with Gasteiger partial charge < -0.3 is 15.2 Å². The molecule has 0 bridgehead atoms. The summed E-state index contributed by atoms with van der Waals surface area (Å²) in [7, 11) is 3.32. The molecule has 2 rings (SSSR count). The molecule has 1 saturated heterocycles. The van der Waals surface area contributed by atoms with Crippen molar-refractivity contribution in [3.05, 3.63) is 17.7 Å². The fraction of sp³-hybridized carbons (Fsp3) is 0.600. The van der Waals surface area contributed by atoms with Crippen molar-refractivity contribution >= 4 is 5.69 Å². The maximum atomic E-state index is 5.94. The van der Waals surface area contributed by atoms with Crippen molar-refractivity contribution in [3.63, 3.8) is 0 Å². The lowest BCUT2D eigenvalue weighted by Crippen LogP contribution is -2.36. The highest BCUT2D eigenvalue weighted by molar-refractivity contribution is 5.57. The van der Waals surface area contributed by atoms with E-state index >= 15 is 0 Å². The smallest absolute Gasteiger partial charge is 0.165 e. The molecule has 0 aliphatic carbocycles. The summed E-state index contributed by atoms with van der Waals surface area (Å²) in [4.78, 5) is 2.49. The van der Waals surface area contributed by atoms with Crippen LogP contribution in [0.1, 0.15) is 31.7 Å². The highest BCUT2D eigenvalue weighted by Crippen LogP contribution is 2.35. The van der Waals surface area contributed by atoms with E-state index in [1.165, 1.54) is 19.3 Å². The summed E-state index contributed by atoms with van der Waals surface area (Å²) in [5, 5.41) is 0. The maximum absolute atomic E-state index is 5.94. The first-order valence-electron chi connectivity index (χ1n) is 6.90. The number of benzene rings is 1. The minimum atomic E-state index is 0.617. The fourth-order valence-electron chi connectivity index (χ4n) is 2.80. The maximum Gasteiger partial charge on any atom is 0.165 e. The topological polar surface area (TPSA) is 47.7 Å². The van der Waals surface area contributed by atoms with E-state index in [4.69, 9.17) is 15.2 Å². The lowest BCUT2D eigenvalue weighted by atomic mass is 10.0. The van der Waals surface area contributed by atoms with Crippen LogP contribution in [0.5, 0.6) is 11.5 Å². The molecule has 1 heterocycles. The van der Waals surface area contributed by atoms with Crippen molar-refractivity contribution in [1.82, 2.24) is 4.90 Å². The molecule has 0 amide bonds. The largest absolute Gasteiger partial charge is 0.493 e. The summed E-state index contributed by atoms with van der Waals surface area (Å²) >= 11 is 0. The van der Waals surface area contributed by atoms with Crippen LogP contribution in [0, 0.1) is 0 Å². The van der Waals surface area contributed by atoms with Gasteiger partial charge in [0.25, 0.3) is 0 Å². The molecular weight excluding hydrogens is 240 g/mol. The third-order valence-electron chi connectivity index (χ3n) is 3.89. The predicted molar refractivity (Wildman–Crippen MR) is 77.7 cm³/mol. The molecule has 1 atom stereocenters. The number of piperidine rings is 1. The Morgan fingerprint density at radius 3 is 2.68 bits per heavy atom. The van der Waals surface area contributed by atoms with E-state index in [2.05, 4.69) is 11.8 Å². The van der Waals surface area contributed by atoms with E-state index in [-0.39, 0.29) is 0 Å². The summed E-state index contributed by atoms with van der Waals surface area (Å²) < 4.78 is 10.8. The van der Waals surface area contributed by atoms with Crippen molar-refractivity contribution in [2.45, 2.75) is 38.8 Å². The third-order valence-corrected chi connectivity index (χ3v) is 3.89. The van der Waals surface area contributed by atoms with Gasteiger partial charge in [-0.15, -0.1) is 0 Å². The number of hydrogen-bond donors (Lipinski definition) is 1. The standard InChI is InChI=1S/C15H24N2O2/c1-11-6-4-5-7-17(11)10-12-8-13(16)9-14(18-2)15(12)19-3/h8-9,11H,4-7,10,16H2,1-3H3. The Hall–Kier alpha value is -1.42. The van der Waals surface area contributed by atoms with Crippen LogP contribution in [0.15, 0.2) is 12.1 Å². The zero-order valence-corrected chi connectivity index (χ0v) is 12.1. The van der Waals surface area contributed by atoms with Crippen LogP contribution in [0.4, 0.5) is 5.69 Å². The van der Waals surface area contributed by atoms with Gasteiger partial charge in [-0.25, -0.2) is 0 Å². The van der Waals surface area contributed by atoms with Crippen LogP contribution in [0.25, 0.3) is 0 Å². The molecule has 1 aliphatic heterocycles. The number of likely N-dealkylation sites (tertiary alicyclic amines) is 1. The van der Waals surface area contributed by atoms with Crippen LogP contribution < -0.4 is 15.2 Å². The van der Waals surface area contributed by atoms with Crippen molar-refractivity contribution in [3.8, 4) is 11.5 Å². The molecule has 1 aromatic rings. The lowest BCUT2D eigenvalue weighted by molar-refractivity contribution is 0.151. The molecule has 106 valence electrons. The molecule has 2 N–H and O–H groups in total. The van der Waals surface area contributed by atoms with Crippen molar-refractivity contribution < 1.29 is 9.47 Å². The normalized spacial score (nSPS) is 20.3. The minimum Gasteiger partial charge on any atom is -0.493 e. The van der Waals surface area contributed by atoms with Crippen molar-refractivity contribution in [2.24, 2.45) is 0 Å². The van der Waals surface area contributed by atoms with Gasteiger partial charge in [0.2, 0.25) is 0 Å². The van der Waals surface area contributed by atoms with Gasteiger partial charge >= 0.3 is 0 Å². The van der Waals surface area contributed by atoms with Crippen molar-refractivity contribution in [1.29, 1.82) is 0 Å². The van der Waals surface area contributed by atoms with E-state index in [0.717, 1.165) is 30.1 Å². The number of rotatable bonds is 4. The molecule has 0 aromatic heterocycles.